The molecule has 0 fully saturated rings. The fourth-order valence-electron chi connectivity index (χ4n) is 3.22. The van der Waals surface area contributed by atoms with E-state index in [1.165, 1.54) is 5.56 Å². The van der Waals surface area contributed by atoms with Crippen LogP contribution in [0.25, 0.3) is 0 Å². The molecule has 0 saturated carbocycles. The third-order valence-corrected chi connectivity index (χ3v) is 4.42. The van der Waals surface area contributed by atoms with E-state index in [4.69, 9.17) is 5.26 Å². The van der Waals surface area contributed by atoms with Gasteiger partial charge in [-0.25, -0.2) is 0 Å². The molecule has 1 heterocycles. The lowest BCUT2D eigenvalue weighted by molar-refractivity contribution is -0.385. The summed E-state index contributed by atoms with van der Waals surface area (Å²) in [6.45, 7) is -0.381. The van der Waals surface area contributed by atoms with Crippen molar-refractivity contribution in [3.63, 3.8) is 0 Å². The van der Waals surface area contributed by atoms with Crippen LogP contribution in [-0.4, -0.2) is 15.4 Å². The summed E-state index contributed by atoms with van der Waals surface area (Å²) in [7, 11) is 0. The summed E-state index contributed by atoms with van der Waals surface area (Å²) in [5.41, 5.74) is 0.740. The summed E-state index contributed by atoms with van der Waals surface area (Å²) in [6, 6.07) is 10.2. The number of nitriles is 1. The number of amides is 1. The number of hydrogen-bond donors (Lipinski definition) is 1. The number of aryl methyl sites for hydroxylation is 1. The molecule has 0 aliphatic heterocycles. The van der Waals surface area contributed by atoms with Crippen LogP contribution < -0.4 is 10.9 Å². The lowest BCUT2D eigenvalue weighted by Crippen LogP contribution is -2.36. The molecule has 0 saturated heterocycles. The van der Waals surface area contributed by atoms with Crippen molar-refractivity contribution in [3.8, 4) is 6.07 Å². The SMILES string of the molecule is N#Cc1cc([N+](=O)[O-])cn(CC(=O)NC2CCCc3ccccc32)c1=O. The van der Waals surface area contributed by atoms with Crippen LogP contribution in [0.3, 0.4) is 0 Å². The number of benzene rings is 1. The number of carbonyl (C=O) groups excluding carboxylic acids is 1. The number of carbonyl (C=O) groups is 1. The van der Waals surface area contributed by atoms with Gasteiger partial charge < -0.3 is 5.32 Å². The molecule has 1 aromatic heterocycles. The molecule has 3 rings (SSSR count). The minimum absolute atomic E-state index is 0.155. The van der Waals surface area contributed by atoms with Gasteiger partial charge in [0.1, 0.15) is 18.2 Å². The van der Waals surface area contributed by atoms with Crippen molar-refractivity contribution in [1.82, 2.24) is 9.88 Å². The number of fused-ring (bicyclic) bond motifs is 1. The molecule has 26 heavy (non-hydrogen) atoms. The minimum atomic E-state index is -0.725. The zero-order valence-corrected chi connectivity index (χ0v) is 13.8. The summed E-state index contributed by atoms with van der Waals surface area (Å²) in [5.74, 6) is -0.432. The van der Waals surface area contributed by atoms with Crippen molar-refractivity contribution in [2.45, 2.75) is 31.8 Å². The van der Waals surface area contributed by atoms with Crippen LogP contribution in [0.15, 0.2) is 41.3 Å². The number of rotatable bonds is 4. The second kappa shape index (κ2) is 7.19. The molecule has 1 aliphatic carbocycles. The van der Waals surface area contributed by atoms with Crippen molar-refractivity contribution in [3.05, 3.63) is 73.7 Å². The molecule has 1 aromatic carbocycles. The van der Waals surface area contributed by atoms with Crippen LogP contribution in [-0.2, 0) is 17.8 Å². The van der Waals surface area contributed by atoms with E-state index in [1.54, 1.807) is 6.07 Å². The summed E-state index contributed by atoms with van der Waals surface area (Å²) in [4.78, 5) is 34.8. The first-order valence-electron chi connectivity index (χ1n) is 8.15. The van der Waals surface area contributed by atoms with Gasteiger partial charge in [-0.1, -0.05) is 24.3 Å². The van der Waals surface area contributed by atoms with Crippen molar-refractivity contribution in [2.24, 2.45) is 0 Å². The maximum atomic E-state index is 12.4. The first kappa shape index (κ1) is 17.4. The lowest BCUT2D eigenvalue weighted by Gasteiger charge is -2.26. The Hall–Kier alpha value is -3.47. The Morgan fingerprint density at radius 1 is 1.42 bits per heavy atom. The third kappa shape index (κ3) is 3.47. The van der Waals surface area contributed by atoms with Crippen molar-refractivity contribution < 1.29 is 9.72 Å². The number of pyridine rings is 1. The summed E-state index contributed by atoms with van der Waals surface area (Å²) in [5, 5.41) is 22.8. The van der Waals surface area contributed by atoms with Gasteiger partial charge in [-0.2, -0.15) is 5.26 Å². The van der Waals surface area contributed by atoms with Gasteiger partial charge >= 0.3 is 0 Å². The number of nitrogens with one attached hydrogen (secondary N) is 1. The van der Waals surface area contributed by atoms with E-state index >= 15 is 0 Å². The Labute approximate surface area is 148 Å². The second-order valence-electron chi connectivity index (χ2n) is 6.13. The van der Waals surface area contributed by atoms with E-state index < -0.39 is 22.1 Å². The number of aromatic nitrogens is 1. The fraction of sp³-hybridized carbons (Fsp3) is 0.278. The second-order valence-corrected chi connectivity index (χ2v) is 6.13. The molecular formula is C18H16N4O4. The van der Waals surface area contributed by atoms with Crippen LogP contribution in [0.2, 0.25) is 0 Å². The molecule has 0 radical (unpaired) electrons. The number of nitro groups is 1. The van der Waals surface area contributed by atoms with Gasteiger partial charge in [0.05, 0.1) is 17.2 Å². The van der Waals surface area contributed by atoms with Crippen molar-refractivity contribution in [2.75, 3.05) is 0 Å². The minimum Gasteiger partial charge on any atom is -0.348 e. The molecule has 1 atom stereocenters. The highest BCUT2D eigenvalue weighted by Crippen LogP contribution is 2.29. The van der Waals surface area contributed by atoms with Gasteiger partial charge in [0.15, 0.2) is 0 Å². The van der Waals surface area contributed by atoms with Gasteiger partial charge in [-0.15, -0.1) is 0 Å². The van der Waals surface area contributed by atoms with E-state index in [1.807, 2.05) is 24.3 Å². The van der Waals surface area contributed by atoms with Gasteiger partial charge in [-0.3, -0.25) is 24.3 Å². The molecule has 1 N–H and O–H groups in total. The van der Waals surface area contributed by atoms with E-state index in [0.717, 1.165) is 41.7 Å². The Bertz CT molecular complexity index is 974. The van der Waals surface area contributed by atoms with Gasteiger partial charge in [-0.05, 0) is 30.4 Å². The smallest absolute Gasteiger partial charge is 0.287 e. The average Bonchev–Trinajstić information content (AvgIpc) is 2.63. The molecule has 8 heteroatoms. The Morgan fingerprint density at radius 2 is 2.19 bits per heavy atom. The van der Waals surface area contributed by atoms with Gasteiger partial charge in [0, 0.05) is 6.07 Å². The van der Waals surface area contributed by atoms with Crippen LogP contribution in [0.4, 0.5) is 5.69 Å². The van der Waals surface area contributed by atoms with E-state index in [-0.39, 0.29) is 18.2 Å². The Kier molecular flexibility index (Phi) is 4.80. The molecular weight excluding hydrogens is 336 g/mol. The molecule has 0 spiro atoms. The summed E-state index contributed by atoms with van der Waals surface area (Å²) < 4.78 is 0.904. The number of nitrogens with zero attached hydrogens (tertiary/aromatic N) is 3. The van der Waals surface area contributed by atoms with E-state index in [2.05, 4.69) is 5.32 Å². The molecule has 2 aromatic rings. The predicted molar refractivity (Wildman–Crippen MR) is 92.3 cm³/mol. The standard InChI is InChI=1S/C18H16N4O4/c19-9-13-8-14(22(25)26)10-21(18(13)24)11-17(23)20-16-7-3-5-12-4-1-2-6-15(12)16/h1-2,4,6,8,10,16H,3,5,7,11H2,(H,20,23). The number of hydrogen-bond acceptors (Lipinski definition) is 5. The maximum Gasteiger partial charge on any atom is 0.287 e. The highest BCUT2D eigenvalue weighted by Gasteiger charge is 2.22. The zero-order valence-electron chi connectivity index (χ0n) is 13.8. The molecule has 8 nitrogen and oxygen atoms in total. The van der Waals surface area contributed by atoms with Crippen LogP contribution >= 0.6 is 0 Å². The fourth-order valence-corrected chi connectivity index (χ4v) is 3.22. The normalized spacial score (nSPS) is 15.6. The lowest BCUT2D eigenvalue weighted by atomic mass is 9.88. The van der Waals surface area contributed by atoms with E-state index in [0.29, 0.717) is 0 Å². The van der Waals surface area contributed by atoms with Crippen molar-refractivity contribution >= 4 is 11.6 Å². The quantitative estimate of drug-likeness (QED) is 0.665. The summed E-state index contributed by atoms with van der Waals surface area (Å²) >= 11 is 0. The molecule has 1 aliphatic rings. The highest BCUT2D eigenvalue weighted by atomic mass is 16.6. The molecule has 0 bridgehead atoms. The first-order valence-corrected chi connectivity index (χ1v) is 8.15. The monoisotopic (exact) mass is 352 g/mol. The van der Waals surface area contributed by atoms with Crippen LogP contribution in [0.5, 0.6) is 0 Å². The Balaban J connectivity index is 1.82. The topological polar surface area (TPSA) is 118 Å². The zero-order chi connectivity index (χ0) is 18.7. The first-order chi connectivity index (χ1) is 12.5. The largest absolute Gasteiger partial charge is 0.348 e. The molecule has 1 unspecified atom stereocenters. The maximum absolute atomic E-state index is 12.4. The molecule has 132 valence electrons. The van der Waals surface area contributed by atoms with E-state index in [9.17, 15) is 19.7 Å². The van der Waals surface area contributed by atoms with Crippen LogP contribution in [0, 0.1) is 21.4 Å². The van der Waals surface area contributed by atoms with Crippen molar-refractivity contribution in [1.29, 1.82) is 5.26 Å². The Morgan fingerprint density at radius 3 is 2.92 bits per heavy atom. The average molecular weight is 352 g/mol. The molecule has 1 amide bonds. The van der Waals surface area contributed by atoms with Crippen LogP contribution in [0.1, 0.15) is 35.6 Å². The van der Waals surface area contributed by atoms with Gasteiger partial charge in [0.25, 0.3) is 11.2 Å². The van der Waals surface area contributed by atoms with Gasteiger partial charge in [0.2, 0.25) is 5.91 Å². The highest BCUT2D eigenvalue weighted by molar-refractivity contribution is 5.76. The predicted octanol–water partition coefficient (Wildman–Crippen LogP) is 1.82. The summed E-state index contributed by atoms with van der Waals surface area (Å²) in [6.07, 6.45) is 3.67. The third-order valence-electron chi connectivity index (χ3n) is 4.42.